The van der Waals surface area contributed by atoms with Gasteiger partial charge in [-0.3, -0.25) is 4.79 Å². The van der Waals surface area contributed by atoms with Crippen molar-refractivity contribution < 1.29 is 24.2 Å². The lowest BCUT2D eigenvalue weighted by Crippen LogP contribution is -2.56. The summed E-state index contributed by atoms with van der Waals surface area (Å²) < 4.78 is 5.65. The van der Waals surface area contributed by atoms with Crippen molar-refractivity contribution in [3.63, 3.8) is 0 Å². The van der Waals surface area contributed by atoms with Crippen LogP contribution in [0.15, 0.2) is 48.5 Å². The second-order valence-electron chi connectivity index (χ2n) is 9.85. The first-order valence-corrected chi connectivity index (χ1v) is 13.2. The third-order valence-corrected chi connectivity index (χ3v) is 8.61. The van der Waals surface area contributed by atoms with E-state index in [4.69, 9.17) is 4.74 Å². The molecule has 1 heterocycles. The standard InChI is InChI=1S/C27H30N2O5S/c1-15(2)23(24(30)29-22(26(31)32)14-35-25(29)16-11-12-16)28-27(33)34-13-21-19-9-5-3-7-17(19)18-8-4-6-10-20(18)21/h3-10,15-16,21-23,25H,11-14H2,1-2H3,(H,28,33)(H,31,32)/t22?,23-,25?/m1/s1. The highest BCUT2D eigenvalue weighted by atomic mass is 32.2. The monoisotopic (exact) mass is 494 g/mol. The van der Waals surface area contributed by atoms with E-state index in [2.05, 4.69) is 29.6 Å². The van der Waals surface area contributed by atoms with Crippen molar-refractivity contribution in [3.05, 3.63) is 59.7 Å². The molecule has 0 radical (unpaired) electrons. The molecule has 2 aromatic carbocycles. The fraction of sp³-hybridized carbons (Fsp3) is 0.444. The van der Waals surface area contributed by atoms with Crippen LogP contribution in [0.1, 0.15) is 43.7 Å². The number of carboxylic acid groups (broad SMARTS) is 1. The molecule has 0 spiro atoms. The van der Waals surface area contributed by atoms with Crippen LogP contribution in [-0.4, -0.2) is 57.8 Å². The van der Waals surface area contributed by atoms with E-state index in [0.717, 1.165) is 35.1 Å². The van der Waals surface area contributed by atoms with E-state index in [1.807, 2.05) is 38.1 Å². The number of carbonyl (C=O) groups excluding carboxylic acids is 2. The topological polar surface area (TPSA) is 95.9 Å². The first-order valence-electron chi connectivity index (χ1n) is 12.1. The largest absolute Gasteiger partial charge is 0.480 e. The van der Waals surface area contributed by atoms with Crippen LogP contribution in [-0.2, 0) is 14.3 Å². The molecule has 2 unspecified atom stereocenters. The van der Waals surface area contributed by atoms with Crippen LogP contribution in [0.2, 0.25) is 0 Å². The summed E-state index contributed by atoms with van der Waals surface area (Å²) in [5, 5.41) is 12.3. The summed E-state index contributed by atoms with van der Waals surface area (Å²) >= 11 is 1.53. The van der Waals surface area contributed by atoms with Gasteiger partial charge in [-0.05, 0) is 46.9 Å². The number of ether oxygens (including phenoxy) is 1. The molecule has 3 atom stereocenters. The number of carboxylic acids is 1. The van der Waals surface area contributed by atoms with Crippen molar-refractivity contribution in [2.45, 2.75) is 50.1 Å². The number of benzene rings is 2. The number of nitrogens with one attached hydrogen (secondary N) is 1. The van der Waals surface area contributed by atoms with E-state index in [9.17, 15) is 19.5 Å². The fourth-order valence-electron chi connectivity index (χ4n) is 5.18. The summed E-state index contributed by atoms with van der Waals surface area (Å²) in [5.41, 5.74) is 4.52. The van der Waals surface area contributed by atoms with E-state index < -0.39 is 24.1 Å². The van der Waals surface area contributed by atoms with E-state index >= 15 is 0 Å². The highest BCUT2D eigenvalue weighted by Gasteiger charge is 2.50. The molecule has 8 heteroatoms. The number of hydrogen-bond donors (Lipinski definition) is 2. The molecule has 7 nitrogen and oxygen atoms in total. The Labute approximate surface area is 209 Å². The van der Waals surface area contributed by atoms with Gasteiger partial charge in [0, 0.05) is 11.7 Å². The van der Waals surface area contributed by atoms with Gasteiger partial charge in [-0.15, -0.1) is 11.8 Å². The maximum absolute atomic E-state index is 13.5. The summed E-state index contributed by atoms with van der Waals surface area (Å²) in [6.45, 7) is 3.84. The van der Waals surface area contributed by atoms with Gasteiger partial charge in [0.1, 0.15) is 18.7 Å². The second kappa shape index (κ2) is 9.57. The van der Waals surface area contributed by atoms with Crippen LogP contribution >= 0.6 is 11.8 Å². The van der Waals surface area contributed by atoms with Gasteiger partial charge >= 0.3 is 12.1 Å². The van der Waals surface area contributed by atoms with Gasteiger partial charge in [0.15, 0.2) is 0 Å². The molecule has 2 fully saturated rings. The van der Waals surface area contributed by atoms with Crippen LogP contribution in [0.3, 0.4) is 0 Å². The Morgan fingerprint density at radius 1 is 1.06 bits per heavy atom. The molecule has 2 aliphatic carbocycles. The maximum Gasteiger partial charge on any atom is 0.407 e. The summed E-state index contributed by atoms with van der Waals surface area (Å²) in [4.78, 5) is 39.8. The predicted octanol–water partition coefficient (Wildman–Crippen LogP) is 4.31. The summed E-state index contributed by atoms with van der Waals surface area (Å²) in [6, 6.07) is 14.5. The smallest absolute Gasteiger partial charge is 0.407 e. The number of nitrogens with zero attached hydrogens (tertiary/aromatic N) is 1. The molecule has 2 amide bonds. The molecule has 2 N–H and O–H groups in total. The van der Waals surface area contributed by atoms with Crippen LogP contribution < -0.4 is 5.32 Å². The van der Waals surface area contributed by atoms with Crippen molar-refractivity contribution in [1.82, 2.24) is 10.2 Å². The van der Waals surface area contributed by atoms with E-state index in [0.29, 0.717) is 11.7 Å². The second-order valence-corrected chi connectivity index (χ2v) is 11.0. The van der Waals surface area contributed by atoms with Crippen LogP contribution in [0.4, 0.5) is 4.79 Å². The van der Waals surface area contributed by atoms with E-state index in [1.54, 1.807) is 0 Å². The van der Waals surface area contributed by atoms with Gasteiger partial charge in [0.25, 0.3) is 0 Å². The third kappa shape index (κ3) is 4.51. The van der Waals surface area contributed by atoms with Crippen molar-refractivity contribution in [3.8, 4) is 11.1 Å². The fourth-order valence-corrected chi connectivity index (χ4v) is 6.82. The number of hydrogen-bond acceptors (Lipinski definition) is 5. The average molecular weight is 495 g/mol. The van der Waals surface area contributed by atoms with Crippen molar-refractivity contribution in [2.75, 3.05) is 12.4 Å². The number of carbonyl (C=O) groups is 3. The molecular formula is C27H30N2O5S. The Hall–Kier alpha value is -3.00. The van der Waals surface area contributed by atoms with Gasteiger partial charge in [0.05, 0.1) is 5.37 Å². The van der Waals surface area contributed by atoms with Gasteiger partial charge in [-0.1, -0.05) is 62.4 Å². The zero-order valence-electron chi connectivity index (χ0n) is 19.8. The minimum Gasteiger partial charge on any atom is -0.480 e. The Bertz CT molecular complexity index is 1100. The van der Waals surface area contributed by atoms with Gasteiger partial charge < -0.3 is 20.1 Å². The molecule has 1 saturated heterocycles. The van der Waals surface area contributed by atoms with Crippen molar-refractivity contribution >= 4 is 29.7 Å². The Balaban J connectivity index is 1.28. The zero-order valence-corrected chi connectivity index (χ0v) is 20.7. The molecule has 0 aromatic heterocycles. The maximum atomic E-state index is 13.5. The molecule has 0 bridgehead atoms. The quantitative estimate of drug-likeness (QED) is 0.595. The highest BCUT2D eigenvalue weighted by Crippen LogP contribution is 2.46. The molecule has 1 aliphatic heterocycles. The third-order valence-electron chi connectivity index (χ3n) is 7.15. The summed E-state index contributed by atoms with van der Waals surface area (Å²) in [7, 11) is 0. The summed E-state index contributed by atoms with van der Waals surface area (Å²) in [6.07, 6.45) is 1.33. The van der Waals surface area contributed by atoms with E-state index in [1.165, 1.54) is 16.7 Å². The number of amides is 2. The first kappa shape index (κ1) is 23.7. The lowest BCUT2D eigenvalue weighted by atomic mass is 9.98. The van der Waals surface area contributed by atoms with E-state index in [-0.39, 0.29) is 29.7 Å². The van der Waals surface area contributed by atoms with Crippen LogP contribution in [0.25, 0.3) is 11.1 Å². The number of fused-ring (bicyclic) bond motifs is 3. The van der Waals surface area contributed by atoms with Crippen molar-refractivity contribution in [2.24, 2.45) is 11.8 Å². The Kier molecular flexibility index (Phi) is 6.49. The predicted molar refractivity (Wildman–Crippen MR) is 134 cm³/mol. The number of rotatable bonds is 7. The molecule has 2 aromatic rings. The van der Waals surface area contributed by atoms with Gasteiger partial charge in [0.2, 0.25) is 5.91 Å². The molecule has 35 heavy (non-hydrogen) atoms. The molecule has 3 aliphatic rings. The minimum atomic E-state index is -1.00. The Morgan fingerprint density at radius 3 is 2.20 bits per heavy atom. The lowest BCUT2D eigenvalue weighted by Gasteiger charge is -2.32. The lowest BCUT2D eigenvalue weighted by molar-refractivity contribution is -0.150. The SMILES string of the molecule is CC(C)[C@@H](NC(=O)OCC1c2ccccc2-c2ccccc21)C(=O)N1C(C(=O)O)CSC1C1CC1. The van der Waals surface area contributed by atoms with Gasteiger partial charge in [-0.25, -0.2) is 9.59 Å². The average Bonchev–Trinajstić information content (AvgIpc) is 3.51. The number of aliphatic carboxylic acids is 1. The minimum absolute atomic E-state index is 0.0769. The Morgan fingerprint density at radius 2 is 1.66 bits per heavy atom. The van der Waals surface area contributed by atoms with Crippen LogP contribution in [0.5, 0.6) is 0 Å². The normalized spacial score (nSPS) is 22.0. The van der Waals surface area contributed by atoms with Crippen molar-refractivity contribution in [1.29, 1.82) is 0 Å². The number of alkyl carbamates (subject to hydrolysis) is 1. The number of thioether (sulfide) groups is 1. The highest BCUT2D eigenvalue weighted by molar-refractivity contribution is 8.00. The van der Waals surface area contributed by atoms with Gasteiger partial charge in [-0.2, -0.15) is 0 Å². The first-order chi connectivity index (χ1) is 16.9. The molecule has 1 saturated carbocycles. The molecular weight excluding hydrogens is 464 g/mol. The molecule has 5 rings (SSSR count). The zero-order chi connectivity index (χ0) is 24.7. The summed E-state index contributed by atoms with van der Waals surface area (Å²) in [5.74, 6) is -0.941. The molecule has 184 valence electrons. The van der Waals surface area contributed by atoms with Crippen LogP contribution in [0, 0.1) is 11.8 Å².